The molecule has 1 aromatic carbocycles. The van der Waals surface area contributed by atoms with Crippen molar-refractivity contribution in [2.75, 3.05) is 25.6 Å². The molecule has 1 saturated heterocycles. The van der Waals surface area contributed by atoms with Crippen molar-refractivity contribution in [1.29, 1.82) is 0 Å². The summed E-state index contributed by atoms with van der Waals surface area (Å²) in [5, 5.41) is 14.1. The topological polar surface area (TPSA) is 73.6 Å². The highest BCUT2D eigenvalue weighted by Crippen LogP contribution is 2.30. The molecule has 0 amide bonds. The summed E-state index contributed by atoms with van der Waals surface area (Å²) in [5.74, 6) is 0.760. The zero-order chi connectivity index (χ0) is 14.5. The number of nitrogens with one attached hydrogen (secondary N) is 1. The van der Waals surface area contributed by atoms with Gasteiger partial charge in [0.2, 0.25) is 0 Å². The number of nitrogens with zero attached hydrogens (tertiary/aromatic N) is 1. The van der Waals surface area contributed by atoms with Crippen LogP contribution in [0.3, 0.4) is 0 Å². The van der Waals surface area contributed by atoms with Crippen molar-refractivity contribution in [3.63, 3.8) is 0 Å². The molecule has 6 nitrogen and oxygen atoms in total. The van der Waals surface area contributed by atoms with Crippen LogP contribution in [0.25, 0.3) is 0 Å². The third kappa shape index (κ3) is 3.19. The van der Waals surface area contributed by atoms with Gasteiger partial charge in [0.1, 0.15) is 0 Å². The summed E-state index contributed by atoms with van der Waals surface area (Å²) in [6.45, 7) is 3.74. The number of anilines is 1. The Morgan fingerprint density at radius 1 is 1.55 bits per heavy atom. The van der Waals surface area contributed by atoms with Gasteiger partial charge in [-0.1, -0.05) is 6.92 Å². The SMILES string of the molecule is CCC1OCCC1CNc1ccc([N+](=O)[O-])c(OC)c1. The smallest absolute Gasteiger partial charge is 0.311 e. The molecule has 2 atom stereocenters. The average Bonchev–Trinajstić information content (AvgIpc) is 2.92. The summed E-state index contributed by atoms with van der Waals surface area (Å²) < 4.78 is 10.7. The summed E-state index contributed by atoms with van der Waals surface area (Å²) in [6.07, 6.45) is 2.37. The Labute approximate surface area is 118 Å². The Kier molecular flexibility index (Phi) is 4.79. The van der Waals surface area contributed by atoms with E-state index in [1.807, 2.05) is 0 Å². The van der Waals surface area contributed by atoms with Gasteiger partial charge in [-0.2, -0.15) is 0 Å². The van der Waals surface area contributed by atoms with Crippen LogP contribution in [0.2, 0.25) is 0 Å². The van der Waals surface area contributed by atoms with E-state index in [0.717, 1.165) is 31.7 Å². The van der Waals surface area contributed by atoms with E-state index in [2.05, 4.69) is 12.2 Å². The molecule has 2 unspecified atom stereocenters. The molecule has 110 valence electrons. The van der Waals surface area contributed by atoms with Gasteiger partial charge in [-0.05, 0) is 18.9 Å². The van der Waals surface area contributed by atoms with E-state index in [1.165, 1.54) is 13.2 Å². The Morgan fingerprint density at radius 2 is 2.35 bits per heavy atom. The Morgan fingerprint density at radius 3 is 3.00 bits per heavy atom. The second kappa shape index (κ2) is 6.56. The summed E-state index contributed by atoms with van der Waals surface area (Å²) in [4.78, 5) is 10.4. The van der Waals surface area contributed by atoms with Gasteiger partial charge in [-0.15, -0.1) is 0 Å². The largest absolute Gasteiger partial charge is 0.490 e. The minimum Gasteiger partial charge on any atom is -0.490 e. The van der Waals surface area contributed by atoms with Crippen LogP contribution in [0.15, 0.2) is 18.2 Å². The van der Waals surface area contributed by atoms with Crippen molar-refractivity contribution < 1.29 is 14.4 Å². The van der Waals surface area contributed by atoms with Crippen LogP contribution in [0.1, 0.15) is 19.8 Å². The van der Waals surface area contributed by atoms with Crippen molar-refractivity contribution in [3.8, 4) is 5.75 Å². The summed E-state index contributed by atoms with van der Waals surface area (Å²) in [6, 6.07) is 4.83. The van der Waals surface area contributed by atoms with Crippen molar-refractivity contribution in [1.82, 2.24) is 0 Å². The van der Waals surface area contributed by atoms with Crippen LogP contribution in [0.4, 0.5) is 11.4 Å². The third-order valence-corrected chi connectivity index (χ3v) is 3.69. The third-order valence-electron chi connectivity index (χ3n) is 3.69. The molecule has 0 radical (unpaired) electrons. The molecule has 0 bridgehead atoms. The standard InChI is InChI=1S/C14H20N2O4/c1-3-13-10(6-7-20-13)9-15-11-4-5-12(16(17)18)14(8-11)19-2/h4-5,8,10,13,15H,3,6-7,9H2,1-2H3. The maximum atomic E-state index is 10.8. The van der Waals surface area contributed by atoms with Crippen molar-refractivity contribution in [2.24, 2.45) is 5.92 Å². The number of hydrogen-bond donors (Lipinski definition) is 1. The fourth-order valence-corrected chi connectivity index (χ4v) is 2.56. The van der Waals surface area contributed by atoms with E-state index < -0.39 is 4.92 Å². The maximum Gasteiger partial charge on any atom is 0.311 e. The van der Waals surface area contributed by atoms with Crippen molar-refractivity contribution >= 4 is 11.4 Å². The van der Waals surface area contributed by atoms with Gasteiger partial charge in [0.15, 0.2) is 5.75 Å². The van der Waals surface area contributed by atoms with Crippen LogP contribution in [-0.2, 0) is 4.74 Å². The molecule has 0 spiro atoms. The van der Waals surface area contributed by atoms with Gasteiger partial charge in [0.05, 0.1) is 18.1 Å². The number of hydrogen-bond acceptors (Lipinski definition) is 5. The monoisotopic (exact) mass is 280 g/mol. The van der Waals surface area contributed by atoms with Gasteiger partial charge in [0, 0.05) is 36.9 Å². The van der Waals surface area contributed by atoms with E-state index in [4.69, 9.17) is 9.47 Å². The Hall–Kier alpha value is -1.82. The molecule has 2 rings (SSSR count). The van der Waals surface area contributed by atoms with E-state index in [0.29, 0.717) is 12.0 Å². The van der Waals surface area contributed by atoms with Gasteiger partial charge < -0.3 is 14.8 Å². The molecule has 0 aromatic heterocycles. The number of methoxy groups -OCH3 is 1. The normalized spacial score (nSPS) is 21.7. The lowest BCUT2D eigenvalue weighted by Crippen LogP contribution is -2.22. The van der Waals surface area contributed by atoms with Crippen LogP contribution < -0.4 is 10.1 Å². The number of nitro groups is 1. The van der Waals surface area contributed by atoms with E-state index in [9.17, 15) is 10.1 Å². The van der Waals surface area contributed by atoms with Crippen molar-refractivity contribution in [3.05, 3.63) is 28.3 Å². The number of ether oxygens (including phenoxy) is 2. The first-order valence-corrected chi connectivity index (χ1v) is 6.83. The highest BCUT2D eigenvalue weighted by atomic mass is 16.6. The average molecular weight is 280 g/mol. The first-order chi connectivity index (χ1) is 9.65. The molecule has 1 heterocycles. The minimum absolute atomic E-state index is 0.0197. The number of benzene rings is 1. The van der Waals surface area contributed by atoms with Crippen molar-refractivity contribution in [2.45, 2.75) is 25.9 Å². The summed E-state index contributed by atoms with van der Waals surface area (Å²) >= 11 is 0. The molecule has 1 fully saturated rings. The Balaban J connectivity index is 2.01. The van der Waals surface area contributed by atoms with Gasteiger partial charge in [-0.25, -0.2) is 0 Å². The molecule has 1 N–H and O–H groups in total. The Bertz CT molecular complexity index is 478. The van der Waals surface area contributed by atoms with Gasteiger partial charge in [-0.3, -0.25) is 10.1 Å². The summed E-state index contributed by atoms with van der Waals surface area (Å²) in [5.41, 5.74) is 0.808. The van der Waals surface area contributed by atoms with Crippen LogP contribution in [0, 0.1) is 16.0 Å². The highest BCUT2D eigenvalue weighted by molar-refractivity contribution is 5.57. The van der Waals surface area contributed by atoms with Crippen LogP contribution in [-0.4, -0.2) is 31.3 Å². The summed E-state index contributed by atoms with van der Waals surface area (Å²) in [7, 11) is 1.43. The van der Waals surface area contributed by atoms with Gasteiger partial charge in [0.25, 0.3) is 0 Å². The minimum atomic E-state index is -0.444. The predicted molar refractivity (Wildman–Crippen MR) is 76.3 cm³/mol. The lowest BCUT2D eigenvalue weighted by Gasteiger charge is -2.18. The maximum absolute atomic E-state index is 10.8. The van der Waals surface area contributed by atoms with Crippen LogP contribution >= 0.6 is 0 Å². The first kappa shape index (κ1) is 14.6. The van der Waals surface area contributed by atoms with Gasteiger partial charge >= 0.3 is 5.69 Å². The molecule has 6 heteroatoms. The molecule has 1 aliphatic rings. The van der Waals surface area contributed by atoms with Crippen LogP contribution in [0.5, 0.6) is 5.75 Å². The molecule has 20 heavy (non-hydrogen) atoms. The number of rotatable bonds is 6. The molecule has 1 aromatic rings. The lowest BCUT2D eigenvalue weighted by molar-refractivity contribution is -0.385. The van der Waals surface area contributed by atoms with E-state index >= 15 is 0 Å². The highest BCUT2D eigenvalue weighted by Gasteiger charge is 2.26. The molecule has 0 aliphatic carbocycles. The molecular weight excluding hydrogens is 260 g/mol. The second-order valence-electron chi connectivity index (χ2n) is 4.89. The van der Waals surface area contributed by atoms with E-state index in [-0.39, 0.29) is 11.4 Å². The predicted octanol–water partition coefficient (Wildman–Crippen LogP) is 2.83. The zero-order valence-corrected chi connectivity index (χ0v) is 11.8. The molecule has 0 saturated carbocycles. The fourth-order valence-electron chi connectivity index (χ4n) is 2.56. The zero-order valence-electron chi connectivity index (χ0n) is 11.8. The lowest BCUT2D eigenvalue weighted by atomic mass is 9.99. The number of nitro benzene ring substituents is 1. The quantitative estimate of drug-likeness (QED) is 0.640. The first-order valence-electron chi connectivity index (χ1n) is 6.83. The molecular formula is C14H20N2O4. The fraction of sp³-hybridized carbons (Fsp3) is 0.571. The molecule has 1 aliphatic heterocycles. The second-order valence-corrected chi connectivity index (χ2v) is 4.89. The van der Waals surface area contributed by atoms with E-state index in [1.54, 1.807) is 12.1 Å².